The Morgan fingerprint density at radius 1 is 1.20 bits per heavy atom. The van der Waals surface area contributed by atoms with Crippen molar-refractivity contribution in [2.75, 3.05) is 18.5 Å². The molecule has 2 rings (SSSR count). The summed E-state index contributed by atoms with van der Waals surface area (Å²) in [5.41, 5.74) is 3.33. The Morgan fingerprint density at radius 3 is 2.53 bits per heavy atom. The Labute approximate surface area is 93.1 Å². The highest BCUT2D eigenvalue weighted by Crippen LogP contribution is 2.36. The van der Waals surface area contributed by atoms with Crippen LogP contribution in [0.15, 0.2) is 24.3 Å². The highest BCUT2D eigenvalue weighted by atomic mass is 15.1. The quantitative estimate of drug-likeness (QED) is 0.625. The molecular weight excluding hydrogens is 182 g/mol. The van der Waals surface area contributed by atoms with Crippen molar-refractivity contribution in [2.24, 2.45) is 11.3 Å². The number of fused-ring (bicyclic) bond motifs is 1. The number of hydrogen-bond acceptors (Lipinski definition) is 1. The fourth-order valence-corrected chi connectivity index (χ4v) is 2.39. The van der Waals surface area contributed by atoms with Crippen molar-refractivity contribution < 1.29 is 0 Å². The van der Waals surface area contributed by atoms with E-state index in [-0.39, 0.29) is 0 Å². The number of benzene rings is 1. The van der Waals surface area contributed by atoms with Crippen molar-refractivity contribution in [3.63, 3.8) is 0 Å². The minimum Gasteiger partial charge on any atom is -0.374 e. The number of anilines is 1. The summed E-state index contributed by atoms with van der Waals surface area (Å²) >= 11 is 0. The first-order valence-electron chi connectivity index (χ1n) is 5.77. The lowest BCUT2D eigenvalue weighted by atomic mass is 9.75. The Hall–Kier alpha value is -0.980. The third kappa shape index (κ3) is 2.01. The molecule has 1 atom stereocenters. The fourth-order valence-electron chi connectivity index (χ4n) is 2.39. The summed E-state index contributed by atoms with van der Waals surface area (Å²) in [4.78, 5) is 2.40. The van der Waals surface area contributed by atoms with Crippen LogP contribution in [0.5, 0.6) is 0 Å². The van der Waals surface area contributed by atoms with Crippen molar-refractivity contribution in [1.82, 2.24) is 0 Å². The molecule has 1 heteroatoms. The molecule has 82 valence electrons. The lowest BCUT2D eigenvalue weighted by Crippen LogP contribution is -2.38. The monoisotopic (exact) mass is 203 g/mol. The maximum Gasteiger partial charge on any atom is 0.0396 e. The van der Waals surface area contributed by atoms with E-state index >= 15 is 0 Å². The Bertz CT molecular complexity index is 349. The molecule has 0 radical (unpaired) electrons. The van der Waals surface area contributed by atoms with Gasteiger partial charge in [0, 0.05) is 19.3 Å². The third-order valence-corrected chi connectivity index (χ3v) is 3.59. The van der Waals surface area contributed by atoms with E-state index in [1.165, 1.54) is 24.2 Å². The van der Waals surface area contributed by atoms with E-state index in [1.54, 1.807) is 0 Å². The molecule has 1 heterocycles. The first-order chi connectivity index (χ1) is 6.98. The van der Waals surface area contributed by atoms with Crippen LogP contribution < -0.4 is 4.90 Å². The number of para-hydroxylation sites is 1. The number of rotatable bonds is 0. The van der Waals surface area contributed by atoms with Crippen LogP contribution in [-0.4, -0.2) is 13.6 Å². The molecule has 1 unspecified atom stereocenters. The van der Waals surface area contributed by atoms with Gasteiger partial charge >= 0.3 is 0 Å². The zero-order valence-corrected chi connectivity index (χ0v) is 10.2. The average Bonchev–Trinajstić information content (AvgIpc) is 2.16. The van der Waals surface area contributed by atoms with Gasteiger partial charge in [-0.1, -0.05) is 39.0 Å². The SMILES string of the molecule is CN1CC(C(C)(C)C)Cc2ccccc21. The first kappa shape index (κ1) is 10.5. The standard InChI is InChI=1S/C14H21N/c1-14(2,3)12-9-11-7-5-6-8-13(11)15(4)10-12/h5-8,12H,9-10H2,1-4H3. The Balaban J connectivity index is 2.30. The van der Waals surface area contributed by atoms with Crippen LogP contribution >= 0.6 is 0 Å². The number of hydrogen-bond donors (Lipinski definition) is 0. The first-order valence-corrected chi connectivity index (χ1v) is 5.77. The van der Waals surface area contributed by atoms with Crippen molar-refractivity contribution >= 4 is 5.69 Å². The van der Waals surface area contributed by atoms with Gasteiger partial charge in [0.25, 0.3) is 0 Å². The lowest BCUT2D eigenvalue weighted by molar-refractivity contribution is 0.237. The van der Waals surface area contributed by atoms with Crippen LogP contribution in [0.2, 0.25) is 0 Å². The van der Waals surface area contributed by atoms with E-state index in [1.807, 2.05) is 0 Å². The van der Waals surface area contributed by atoms with Crippen LogP contribution in [0.25, 0.3) is 0 Å². The predicted octanol–water partition coefficient (Wildman–Crippen LogP) is 3.34. The van der Waals surface area contributed by atoms with Gasteiger partial charge in [0.1, 0.15) is 0 Å². The molecule has 0 amide bonds. The second-order valence-electron chi connectivity index (χ2n) is 5.78. The van der Waals surface area contributed by atoms with E-state index in [0.29, 0.717) is 5.41 Å². The average molecular weight is 203 g/mol. The van der Waals surface area contributed by atoms with E-state index in [4.69, 9.17) is 0 Å². The summed E-state index contributed by atoms with van der Waals surface area (Å²) in [5, 5.41) is 0. The van der Waals surface area contributed by atoms with Crippen LogP contribution in [0.1, 0.15) is 26.3 Å². The second kappa shape index (κ2) is 3.55. The van der Waals surface area contributed by atoms with Crippen molar-refractivity contribution in [3.8, 4) is 0 Å². The van der Waals surface area contributed by atoms with Gasteiger partial charge < -0.3 is 4.90 Å². The van der Waals surface area contributed by atoms with Crippen molar-refractivity contribution in [3.05, 3.63) is 29.8 Å². The van der Waals surface area contributed by atoms with Gasteiger partial charge in [0.05, 0.1) is 0 Å². The third-order valence-electron chi connectivity index (χ3n) is 3.59. The predicted molar refractivity (Wildman–Crippen MR) is 66.4 cm³/mol. The minimum absolute atomic E-state index is 0.405. The summed E-state index contributed by atoms with van der Waals surface area (Å²) in [6.45, 7) is 8.22. The molecule has 0 saturated carbocycles. The van der Waals surface area contributed by atoms with E-state index in [2.05, 4.69) is 57.0 Å². The van der Waals surface area contributed by atoms with Crippen LogP contribution in [0, 0.1) is 11.3 Å². The van der Waals surface area contributed by atoms with Gasteiger partial charge in [-0.25, -0.2) is 0 Å². The van der Waals surface area contributed by atoms with Gasteiger partial charge in [0.15, 0.2) is 0 Å². The molecule has 1 aliphatic rings. The smallest absolute Gasteiger partial charge is 0.0396 e. The van der Waals surface area contributed by atoms with Crippen LogP contribution in [0.4, 0.5) is 5.69 Å². The largest absolute Gasteiger partial charge is 0.374 e. The minimum atomic E-state index is 0.405. The summed E-state index contributed by atoms with van der Waals surface area (Å²) in [6, 6.07) is 8.78. The van der Waals surface area contributed by atoms with Crippen LogP contribution in [-0.2, 0) is 6.42 Å². The molecule has 0 spiro atoms. The maximum atomic E-state index is 2.40. The zero-order chi connectivity index (χ0) is 11.1. The number of nitrogens with zero attached hydrogens (tertiary/aromatic N) is 1. The molecule has 0 bridgehead atoms. The molecule has 15 heavy (non-hydrogen) atoms. The van der Waals surface area contributed by atoms with Gasteiger partial charge in [0.2, 0.25) is 0 Å². The van der Waals surface area contributed by atoms with E-state index in [9.17, 15) is 0 Å². The molecule has 0 fully saturated rings. The summed E-state index contributed by atoms with van der Waals surface area (Å²) in [5.74, 6) is 0.761. The fraction of sp³-hybridized carbons (Fsp3) is 0.571. The van der Waals surface area contributed by atoms with Crippen LogP contribution in [0.3, 0.4) is 0 Å². The van der Waals surface area contributed by atoms with Gasteiger partial charge in [-0.3, -0.25) is 0 Å². The highest BCUT2D eigenvalue weighted by molar-refractivity contribution is 5.55. The Kier molecular flexibility index (Phi) is 2.49. The molecular formula is C14H21N. The molecule has 0 aromatic heterocycles. The molecule has 1 nitrogen and oxygen atoms in total. The zero-order valence-electron chi connectivity index (χ0n) is 10.2. The summed E-state index contributed by atoms with van der Waals surface area (Å²) in [6.07, 6.45) is 1.23. The summed E-state index contributed by atoms with van der Waals surface area (Å²) in [7, 11) is 2.21. The topological polar surface area (TPSA) is 3.24 Å². The summed E-state index contributed by atoms with van der Waals surface area (Å²) < 4.78 is 0. The highest BCUT2D eigenvalue weighted by Gasteiger charge is 2.30. The van der Waals surface area contributed by atoms with E-state index < -0.39 is 0 Å². The van der Waals surface area contributed by atoms with Gasteiger partial charge in [-0.05, 0) is 29.4 Å². The molecule has 1 aromatic carbocycles. The van der Waals surface area contributed by atoms with E-state index in [0.717, 1.165) is 5.92 Å². The second-order valence-corrected chi connectivity index (χ2v) is 5.78. The lowest BCUT2D eigenvalue weighted by Gasteiger charge is -2.40. The molecule has 1 aromatic rings. The molecule has 0 saturated heterocycles. The molecule has 0 aliphatic carbocycles. The Morgan fingerprint density at radius 2 is 1.87 bits per heavy atom. The molecule has 0 N–H and O–H groups in total. The van der Waals surface area contributed by atoms with Gasteiger partial charge in [-0.15, -0.1) is 0 Å². The normalized spacial score (nSPS) is 21.3. The molecule has 1 aliphatic heterocycles. The van der Waals surface area contributed by atoms with Crippen molar-refractivity contribution in [1.29, 1.82) is 0 Å². The van der Waals surface area contributed by atoms with Crippen molar-refractivity contribution in [2.45, 2.75) is 27.2 Å². The maximum absolute atomic E-state index is 2.40. The van der Waals surface area contributed by atoms with Gasteiger partial charge in [-0.2, -0.15) is 0 Å².